The van der Waals surface area contributed by atoms with E-state index in [-0.39, 0.29) is 17.5 Å². The average molecular weight is 511 g/mol. The minimum atomic E-state index is -1.31. The van der Waals surface area contributed by atoms with E-state index in [4.69, 9.17) is 0 Å². The molecule has 3 aliphatic rings. The molecule has 0 aliphatic carbocycles. The summed E-state index contributed by atoms with van der Waals surface area (Å²) in [7, 11) is 0. The number of nitrogens with one attached hydrogen (secondary N) is 1. The number of amides is 1. The molecule has 5 nitrogen and oxygen atoms in total. The van der Waals surface area contributed by atoms with E-state index in [0.717, 1.165) is 22.3 Å². The maximum atomic E-state index is 14.7. The van der Waals surface area contributed by atoms with E-state index < -0.39 is 23.4 Å². The van der Waals surface area contributed by atoms with Crippen molar-refractivity contribution in [2.45, 2.75) is 24.4 Å². The van der Waals surface area contributed by atoms with Crippen LogP contribution in [0.25, 0.3) is 6.08 Å². The van der Waals surface area contributed by atoms with Crippen molar-refractivity contribution in [2.75, 3.05) is 5.32 Å². The van der Waals surface area contributed by atoms with Gasteiger partial charge in [-0.25, -0.2) is 0 Å². The topological polar surface area (TPSA) is 66.5 Å². The van der Waals surface area contributed by atoms with Crippen molar-refractivity contribution in [2.24, 2.45) is 5.92 Å². The van der Waals surface area contributed by atoms with Crippen LogP contribution in [0, 0.1) is 12.8 Å². The molecule has 5 heteroatoms. The van der Waals surface area contributed by atoms with E-state index in [9.17, 15) is 14.4 Å². The van der Waals surface area contributed by atoms with Gasteiger partial charge in [-0.3, -0.25) is 14.4 Å². The Labute approximate surface area is 226 Å². The van der Waals surface area contributed by atoms with E-state index in [1.165, 1.54) is 0 Å². The van der Waals surface area contributed by atoms with Crippen molar-refractivity contribution in [3.05, 3.63) is 143 Å². The summed E-state index contributed by atoms with van der Waals surface area (Å²) < 4.78 is 0. The smallest absolute Gasteiger partial charge is 0.238 e. The molecule has 4 unspecified atom stereocenters. The first-order valence-electron chi connectivity index (χ1n) is 13.2. The van der Waals surface area contributed by atoms with Gasteiger partial charge in [-0.2, -0.15) is 0 Å². The Morgan fingerprint density at radius 3 is 2.23 bits per heavy atom. The number of nitrogens with zero attached hydrogens (tertiary/aromatic N) is 1. The number of fused-ring (bicyclic) bond motifs is 6. The molecule has 4 atom stereocenters. The van der Waals surface area contributed by atoms with Crippen LogP contribution in [0.15, 0.2) is 109 Å². The van der Waals surface area contributed by atoms with Gasteiger partial charge >= 0.3 is 0 Å². The number of hydrogen-bond acceptors (Lipinski definition) is 4. The van der Waals surface area contributed by atoms with Gasteiger partial charge < -0.3 is 10.2 Å². The Hall–Kier alpha value is -4.77. The summed E-state index contributed by atoms with van der Waals surface area (Å²) in [4.78, 5) is 45.5. The third-order valence-corrected chi connectivity index (χ3v) is 8.52. The molecular weight excluding hydrogens is 484 g/mol. The first-order valence-corrected chi connectivity index (χ1v) is 13.2. The van der Waals surface area contributed by atoms with Crippen molar-refractivity contribution in [3.63, 3.8) is 0 Å². The lowest BCUT2D eigenvalue weighted by Crippen LogP contribution is -2.49. The molecule has 1 N–H and O–H groups in total. The SMILES string of the molecule is Cc1ccc(C(=O)C2C(C(=O)c3ccccc3)N3C=Cc4ccccc4C3C23C(=O)Nc2ccccc23)cc1. The van der Waals surface area contributed by atoms with Gasteiger partial charge in [0.2, 0.25) is 5.91 Å². The third kappa shape index (κ3) is 3.23. The van der Waals surface area contributed by atoms with Gasteiger partial charge in [0.25, 0.3) is 0 Å². The lowest BCUT2D eigenvalue weighted by molar-refractivity contribution is -0.122. The Morgan fingerprint density at radius 2 is 1.44 bits per heavy atom. The normalized spacial score (nSPS) is 24.2. The summed E-state index contributed by atoms with van der Waals surface area (Å²) in [6, 6.07) is 30.6. The molecule has 4 aromatic carbocycles. The minimum Gasteiger partial charge on any atom is -0.358 e. The number of para-hydroxylation sites is 1. The highest BCUT2D eigenvalue weighted by molar-refractivity contribution is 6.16. The maximum Gasteiger partial charge on any atom is 0.238 e. The molecule has 0 saturated carbocycles. The summed E-state index contributed by atoms with van der Waals surface area (Å²) in [6.45, 7) is 1.97. The van der Waals surface area contributed by atoms with Crippen LogP contribution in [-0.4, -0.2) is 28.4 Å². The Morgan fingerprint density at radius 1 is 0.769 bits per heavy atom. The zero-order chi connectivity index (χ0) is 26.7. The molecule has 3 heterocycles. The summed E-state index contributed by atoms with van der Waals surface area (Å²) in [5, 5.41) is 3.09. The molecule has 3 aliphatic heterocycles. The van der Waals surface area contributed by atoms with Crippen LogP contribution in [0.3, 0.4) is 0 Å². The molecule has 39 heavy (non-hydrogen) atoms. The van der Waals surface area contributed by atoms with Gasteiger partial charge in [-0.05, 0) is 35.8 Å². The molecule has 1 amide bonds. The van der Waals surface area contributed by atoms with Gasteiger partial charge in [-0.1, -0.05) is 103 Å². The van der Waals surface area contributed by atoms with Gasteiger partial charge in [-0.15, -0.1) is 0 Å². The summed E-state index contributed by atoms with van der Waals surface area (Å²) in [5.74, 6) is -1.60. The van der Waals surface area contributed by atoms with Crippen molar-refractivity contribution < 1.29 is 14.4 Å². The number of anilines is 1. The van der Waals surface area contributed by atoms with E-state index in [0.29, 0.717) is 16.8 Å². The number of aryl methyl sites for hydroxylation is 1. The van der Waals surface area contributed by atoms with E-state index >= 15 is 0 Å². The quantitative estimate of drug-likeness (QED) is 0.343. The second-order valence-corrected chi connectivity index (χ2v) is 10.5. The highest BCUT2D eigenvalue weighted by Gasteiger charge is 2.70. The maximum absolute atomic E-state index is 14.7. The van der Waals surface area contributed by atoms with Gasteiger partial charge in [0.1, 0.15) is 11.5 Å². The van der Waals surface area contributed by atoms with Crippen LogP contribution in [0.4, 0.5) is 5.69 Å². The number of ketones is 2. The van der Waals surface area contributed by atoms with Crippen LogP contribution < -0.4 is 5.32 Å². The zero-order valence-electron chi connectivity index (χ0n) is 21.4. The van der Waals surface area contributed by atoms with E-state index in [1.54, 1.807) is 24.3 Å². The predicted molar refractivity (Wildman–Crippen MR) is 150 cm³/mol. The Kier molecular flexibility index (Phi) is 5.17. The highest BCUT2D eigenvalue weighted by Crippen LogP contribution is 2.62. The van der Waals surface area contributed by atoms with E-state index in [2.05, 4.69) is 5.32 Å². The fraction of sp³-hybridized carbons (Fsp3) is 0.147. The third-order valence-electron chi connectivity index (χ3n) is 8.52. The summed E-state index contributed by atoms with van der Waals surface area (Å²) in [6.07, 6.45) is 3.87. The van der Waals surface area contributed by atoms with Crippen LogP contribution >= 0.6 is 0 Å². The number of carbonyl (C=O) groups is 3. The summed E-state index contributed by atoms with van der Waals surface area (Å²) in [5.41, 5.74) is 4.07. The fourth-order valence-electron chi connectivity index (χ4n) is 6.84. The summed E-state index contributed by atoms with van der Waals surface area (Å²) >= 11 is 0. The second kappa shape index (κ2) is 8.63. The van der Waals surface area contributed by atoms with Crippen LogP contribution in [0.5, 0.6) is 0 Å². The lowest BCUT2D eigenvalue weighted by atomic mass is 9.62. The van der Waals surface area contributed by atoms with Gasteiger partial charge in [0.05, 0.1) is 12.0 Å². The fourth-order valence-corrected chi connectivity index (χ4v) is 6.84. The zero-order valence-corrected chi connectivity index (χ0v) is 21.4. The van der Waals surface area contributed by atoms with Crippen molar-refractivity contribution in [3.8, 4) is 0 Å². The number of Topliss-reactive ketones (excluding diaryl/α,β-unsaturated/α-hetero) is 2. The average Bonchev–Trinajstić information content (AvgIpc) is 3.45. The van der Waals surface area contributed by atoms with Gasteiger partial charge in [0, 0.05) is 23.0 Å². The van der Waals surface area contributed by atoms with Crippen LogP contribution in [0.2, 0.25) is 0 Å². The molecule has 1 saturated heterocycles. The van der Waals surface area contributed by atoms with E-state index in [1.807, 2.05) is 103 Å². The monoisotopic (exact) mass is 510 g/mol. The van der Waals surface area contributed by atoms with Crippen molar-refractivity contribution in [1.29, 1.82) is 0 Å². The molecule has 1 fully saturated rings. The Bertz CT molecular complexity index is 1670. The Balaban J connectivity index is 1.54. The number of rotatable bonds is 4. The molecule has 4 aromatic rings. The predicted octanol–water partition coefficient (Wildman–Crippen LogP) is 5.98. The molecule has 1 spiro atoms. The highest BCUT2D eigenvalue weighted by atomic mass is 16.2. The van der Waals surface area contributed by atoms with Crippen molar-refractivity contribution >= 4 is 29.2 Å². The molecular formula is C34H26N2O3. The molecule has 0 aromatic heterocycles. The van der Waals surface area contributed by atoms with Crippen molar-refractivity contribution in [1.82, 2.24) is 4.90 Å². The standard InChI is InChI=1S/C34H26N2O3/c1-21-15-17-24(18-16-21)30(37)28-29(31(38)23-10-3-2-4-11-23)36-20-19-22-9-5-6-12-25(22)32(36)34(28)26-13-7-8-14-27(26)35-33(34)39/h2-20,28-29,32H,1H3,(H,35,39). The van der Waals surface area contributed by atoms with Gasteiger partial charge in [0.15, 0.2) is 11.6 Å². The molecule has 190 valence electrons. The molecule has 0 bridgehead atoms. The molecule has 7 rings (SSSR count). The lowest BCUT2D eigenvalue weighted by Gasteiger charge is -2.38. The largest absolute Gasteiger partial charge is 0.358 e. The van der Waals surface area contributed by atoms with Crippen LogP contribution in [-0.2, 0) is 10.2 Å². The number of benzene rings is 4. The van der Waals surface area contributed by atoms with Crippen LogP contribution in [0.1, 0.15) is 49.0 Å². The number of carbonyl (C=O) groups excluding carboxylic acids is 3. The second-order valence-electron chi connectivity index (χ2n) is 10.5. The molecule has 0 radical (unpaired) electrons. The number of hydrogen-bond donors (Lipinski definition) is 1. The first kappa shape index (κ1) is 23.4. The minimum absolute atomic E-state index is 0.177. The first-order chi connectivity index (χ1) is 19.0.